The lowest BCUT2D eigenvalue weighted by Gasteiger charge is -2.32. The third-order valence-corrected chi connectivity index (χ3v) is 6.58. The van der Waals surface area contributed by atoms with Gasteiger partial charge in [-0.2, -0.15) is 4.31 Å². The van der Waals surface area contributed by atoms with E-state index in [-0.39, 0.29) is 30.6 Å². The van der Waals surface area contributed by atoms with Crippen LogP contribution in [0.1, 0.15) is 13.8 Å². The molecule has 3 amide bonds. The summed E-state index contributed by atoms with van der Waals surface area (Å²) in [6, 6.07) is 4.50. The van der Waals surface area contributed by atoms with Gasteiger partial charge in [0.25, 0.3) is 5.91 Å². The van der Waals surface area contributed by atoms with Gasteiger partial charge in [-0.3, -0.25) is 4.79 Å². The highest BCUT2D eigenvalue weighted by molar-refractivity contribution is 7.89. The zero-order valence-electron chi connectivity index (χ0n) is 14.7. The molecule has 3 rings (SSSR count). The second kappa shape index (κ2) is 6.60. The van der Waals surface area contributed by atoms with Gasteiger partial charge in [0, 0.05) is 0 Å². The molecule has 0 unspecified atom stereocenters. The fourth-order valence-corrected chi connectivity index (χ4v) is 4.64. The van der Waals surface area contributed by atoms with Crippen LogP contribution >= 0.6 is 0 Å². The van der Waals surface area contributed by atoms with Crippen LogP contribution in [0.25, 0.3) is 0 Å². The maximum Gasteiger partial charge on any atom is 0.329 e. The zero-order chi connectivity index (χ0) is 19.1. The van der Waals surface area contributed by atoms with Crippen LogP contribution in [-0.2, 0) is 14.8 Å². The Balaban J connectivity index is 1.63. The van der Waals surface area contributed by atoms with Crippen molar-refractivity contribution in [2.24, 2.45) is 0 Å². The van der Waals surface area contributed by atoms with Crippen LogP contribution in [0.2, 0.25) is 0 Å². The molecule has 2 saturated heterocycles. The quantitative estimate of drug-likeness (QED) is 0.651. The monoisotopic (exact) mass is 385 g/mol. The molecule has 2 N–H and O–H groups in total. The van der Waals surface area contributed by atoms with E-state index in [2.05, 4.69) is 5.32 Å². The van der Waals surface area contributed by atoms with Crippen molar-refractivity contribution in [1.29, 1.82) is 0 Å². The molecule has 2 fully saturated rings. The first-order valence-electron chi connectivity index (χ1n) is 8.35. The lowest BCUT2D eigenvalue weighted by atomic mass is 10.1. The van der Waals surface area contributed by atoms with Gasteiger partial charge in [-0.05, 0) is 32.0 Å². The van der Waals surface area contributed by atoms with Crippen molar-refractivity contribution >= 4 is 22.0 Å². The summed E-state index contributed by atoms with van der Waals surface area (Å²) in [7, 11) is -3.76. The number of rotatable bonds is 4. The maximum absolute atomic E-state index is 13.3. The third-order valence-electron chi connectivity index (χ3n) is 4.69. The number of urea groups is 1. The molecule has 2 heterocycles. The Bertz CT molecular complexity index is 834. The molecule has 8 nitrogen and oxygen atoms in total. The van der Waals surface area contributed by atoms with Gasteiger partial charge in [0.1, 0.15) is 11.4 Å². The fraction of sp³-hybridized carbons (Fsp3) is 0.500. The zero-order valence-corrected chi connectivity index (χ0v) is 15.5. The van der Waals surface area contributed by atoms with Gasteiger partial charge in [-0.15, -0.1) is 0 Å². The van der Waals surface area contributed by atoms with Crippen LogP contribution in [0.4, 0.5) is 9.18 Å². The normalized spacial score (nSPS) is 21.9. The Hall–Kier alpha value is -2.04. The average molecular weight is 385 g/mol. The number of quaternary nitrogens is 1. The smallest absolute Gasteiger partial charge is 0.323 e. The Kier molecular flexibility index (Phi) is 4.76. The van der Waals surface area contributed by atoms with Gasteiger partial charge in [-0.1, -0.05) is 6.07 Å². The summed E-state index contributed by atoms with van der Waals surface area (Å²) in [5.74, 6) is -0.888. The second-order valence-corrected chi connectivity index (χ2v) is 9.00. The molecule has 10 heteroatoms. The number of carbonyl (C=O) groups is 2. The Morgan fingerprint density at radius 2 is 1.88 bits per heavy atom. The number of imide groups is 1. The topological polar surface area (TPSA) is 91.2 Å². The number of hydrogen-bond acceptors (Lipinski definition) is 4. The Morgan fingerprint density at radius 1 is 1.23 bits per heavy atom. The van der Waals surface area contributed by atoms with Crippen molar-refractivity contribution in [3.8, 4) is 0 Å². The van der Waals surface area contributed by atoms with Crippen LogP contribution in [0, 0.1) is 5.82 Å². The van der Waals surface area contributed by atoms with Gasteiger partial charge in [0.15, 0.2) is 6.67 Å². The molecule has 2 aliphatic heterocycles. The lowest BCUT2D eigenvalue weighted by Crippen LogP contribution is -3.16. The van der Waals surface area contributed by atoms with Crippen molar-refractivity contribution in [1.82, 2.24) is 14.5 Å². The predicted octanol–water partition coefficient (Wildman–Crippen LogP) is -0.997. The van der Waals surface area contributed by atoms with Crippen molar-refractivity contribution in [3.63, 3.8) is 0 Å². The molecular weight excluding hydrogens is 363 g/mol. The number of nitrogens with one attached hydrogen (secondary N) is 2. The van der Waals surface area contributed by atoms with Crippen LogP contribution < -0.4 is 10.2 Å². The van der Waals surface area contributed by atoms with E-state index >= 15 is 0 Å². The van der Waals surface area contributed by atoms with Gasteiger partial charge in [0.2, 0.25) is 10.0 Å². The molecule has 1 aromatic rings. The van der Waals surface area contributed by atoms with Crippen LogP contribution in [0.3, 0.4) is 0 Å². The van der Waals surface area contributed by atoms with Crippen LogP contribution in [-0.4, -0.2) is 67.9 Å². The van der Waals surface area contributed by atoms with Crippen molar-refractivity contribution in [3.05, 3.63) is 30.1 Å². The number of halogens is 1. The molecule has 0 aliphatic carbocycles. The number of nitrogens with zero attached hydrogens (tertiary/aromatic N) is 2. The number of hydrogen-bond donors (Lipinski definition) is 2. The maximum atomic E-state index is 13.3. The molecule has 2 aliphatic rings. The summed E-state index contributed by atoms with van der Waals surface area (Å²) in [6.07, 6.45) is 0. The fourth-order valence-electron chi connectivity index (χ4n) is 3.16. The molecular formula is C16H22FN4O4S+. The van der Waals surface area contributed by atoms with Crippen molar-refractivity contribution in [2.45, 2.75) is 24.3 Å². The first-order valence-corrected chi connectivity index (χ1v) is 9.79. The van der Waals surface area contributed by atoms with E-state index in [0.29, 0.717) is 13.1 Å². The largest absolute Gasteiger partial charge is 0.329 e. The molecule has 0 saturated carbocycles. The van der Waals surface area contributed by atoms with Crippen molar-refractivity contribution in [2.75, 3.05) is 32.8 Å². The molecule has 0 bridgehead atoms. The summed E-state index contributed by atoms with van der Waals surface area (Å²) >= 11 is 0. The molecule has 1 aromatic carbocycles. The van der Waals surface area contributed by atoms with E-state index in [1.54, 1.807) is 13.8 Å². The van der Waals surface area contributed by atoms with E-state index in [0.717, 1.165) is 11.0 Å². The molecule has 0 aromatic heterocycles. The van der Waals surface area contributed by atoms with Gasteiger partial charge >= 0.3 is 6.03 Å². The van der Waals surface area contributed by atoms with Gasteiger partial charge in [-0.25, -0.2) is 22.5 Å². The molecule has 0 radical (unpaired) electrons. The number of carbonyl (C=O) groups excluding carboxylic acids is 2. The molecule has 0 atom stereocenters. The summed E-state index contributed by atoms with van der Waals surface area (Å²) in [5, 5.41) is 2.62. The third kappa shape index (κ3) is 3.44. The number of benzene rings is 1. The summed E-state index contributed by atoms with van der Waals surface area (Å²) in [4.78, 5) is 26.2. The van der Waals surface area contributed by atoms with E-state index in [4.69, 9.17) is 0 Å². The predicted molar refractivity (Wildman–Crippen MR) is 90.2 cm³/mol. The minimum atomic E-state index is -3.76. The highest BCUT2D eigenvalue weighted by atomic mass is 32.2. The molecule has 26 heavy (non-hydrogen) atoms. The lowest BCUT2D eigenvalue weighted by molar-refractivity contribution is -0.910. The average Bonchev–Trinajstić information content (AvgIpc) is 2.77. The number of amides is 3. The van der Waals surface area contributed by atoms with Crippen molar-refractivity contribution < 1.29 is 27.3 Å². The van der Waals surface area contributed by atoms with Gasteiger partial charge in [0.05, 0.1) is 31.1 Å². The summed E-state index contributed by atoms with van der Waals surface area (Å²) in [6.45, 7) is 4.86. The Morgan fingerprint density at radius 3 is 2.42 bits per heavy atom. The van der Waals surface area contributed by atoms with E-state index in [1.165, 1.54) is 27.4 Å². The first-order chi connectivity index (χ1) is 12.1. The van der Waals surface area contributed by atoms with Crippen LogP contribution in [0.5, 0.6) is 0 Å². The van der Waals surface area contributed by atoms with E-state index in [9.17, 15) is 22.4 Å². The number of sulfonamides is 1. The minimum absolute atomic E-state index is 0.0724. The number of piperazine rings is 1. The summed E-state index contributed by atoms with van der Waals surface area (Å²) < 4.78 is 39.8. The molecule has 0 spiro atoms. The van der Waals surface area contributed by atoms with Crippen LogP contribution in [0.15, 0.2) is 29.2 Å². The highest BCUT2D eigenvalue weighted by Crippen LogP contribution is 2.17. The van der Waals surface area contributed by atoms with E-state index in [1.807, 2.05) is 0 Å². The Labute approximate surface area is 151 Å². The van der Waals surface area contributed by atoms with Gasteiger partial charge < -0.3 is 10.2 Å². The SMILES string of the molecule is CC1(C)NC(=O)N(C[NH+]2CCN(S(=O)(=O)c3cccc(F)c3)CC2)C1=O. The van der Waals surface area contributed by atoms with E-state index < -0.39 is 27.4 Å². The first kappa shape index (κ1) is 18.7. The molecule has 142 valence electrons. The standard InChI is InChI=1S/C16H21FN4O4S/c1-16(2)14(22)21(15(23)18-16)11-19-6-8-20(9-7-19)26(24,25)13-5-3-4-12(17)10-13/h3-5,10H,6-9,11H2,1-2H3,(H,18,23)/p+1. The second-order valence-electron chi connectivity index (χ2n) is 7.06. The highest BCUT2D eigenvalue weighted by Gasteiger charge is 2.46. The minimum Gasteiger partial charge on any atom is -0.323 e. The summed E-state index contributed by atoms with van der Waals surface area (Å²) in [5.41, 5.74) is -0.918.